The Bertz CT molecular complexity index is 839. The van der Waals surface area contributed by atoms with Gasteiger partial charge in [0.25, 0.3) is 0 Å². The molecule has 3 aromatic rings. The van der Waals surface area contributed by atoms with E-state index < -0.39 is 5.60 Å². The maximum Gasteiger partial charge on any atom is 0.182 e. The molecule has 108 valence electrons. The van der Waals surface area contributed by atoms with Crippen molar-refractivity contribution in [1.82, 2.24) is 24.1 Å². The number of hydrogen-bond donors (Lipinski definition) is 1. The van der Waals surface area contributed by atoms with Crippen LogP contribution in [0.25, 0.3) is 5.52 Å². The molecule has 1 aliphatic carbocycles. The summed E-state index contributed by atoms with van der Waals surface area (Å²) < 4.78 is 4.38. The minimum atomic E-state index is -1.11. The predicted molar refractivity (Wildman–Crippen MR) is 79.8 cm³/mol. The highest BCUT2D eigenvalue weighted by atomic mass is 79.9. The highest BCUT2D eigenvalue weighted by Crippen LogP contribution is 2.41. The van der Waals surface area contributed by atoms with Crippen LogP contribution in [-0.4, -0.2) is 29.3 Å². The minimum absolute atomic E-state index is 0.636. The van der Waals surface area contributed by atoms with Crippen LogP contribution >= 0.6 is 15.9 Å². The van der Waals surface area contributed by atoms with Crippen LogP contribution in [0.5, 0.6) is 0 Å². The molecule has 4 rings (SSSR count). The van der Waals surface area contributed by atoms with E-state index >= 15 is 0 Å². The zero-order valence-corrected chi connectivity index (χ0v) is 13.1. The molecule has 1 aliphatic rings. The zero-order valence-electron chi connectivity index (χ0n) is 11.5. The molecule has 0 saturated carbocycles. The summed E-state index contributed by atoms with van der Waals surface area (Å²) in [6, 6.07) is 0. The molecule has 1 atom stereocenters. The van der Waals surface area contributed by atoms with Gasteiger partial charge in [-0.15, -0.1) is 0 Å². The highest BCUT2D eigenvalue weighted by molar-refractivity contribution is 9.10. The topological polar surface area (TPSA) is 68.2 Å². The van der Waals surface area contributed by atoms with Crippen molar-refractivity contribution >= 4 is 21.4 Å². The highest BCUT2D eigenvalue weighted by Gasteiger charge is 2.41. The van der Waals surface area contributed by atoms with E-state index in [1.54, 1.807) is 18.6 Å². The van der Waals surface area contributed by atoms with Crippen LogP contribution in [0.15, 0.2) is 29.5 Å². The smallest absolute Gasteiger partial charge is 0.182 e. The number of nitrogens with zero attached hydrogens (tertiary/aromatic N) is 5. The molecule has 1 N–H and O–H groups in total. The Morgan fingerprint density at radius 2 is 2.24 bits per heavy atom. The van der Waals surface area contributed by atoms with E-state index in [9.17, 15) is 5.11 Å². The van der Waals surface area contributed by atoms with E-state index in [-0.39, 0.29) is 0 Å². The van der Waals surface area contributed by atoms with Crippen molar-refractivity contribution in [2.75, 3.05) is 0 Å². The van der Waals surface area contributed by atoms with Gasteiger partial charge in [0.05, 0.1) is 17.9 Å². The number of aryl methyl sites for hydroxylation is 1. The molecular weight excluding hydrogens is 334 g/mol. The molecule has 0 aromatic carbocycles. The molecule has 0 aliphatic heterocycles. The first-order valence-electron chi connectivity index (χ1n) is 6.83. The van der Waals surface area contributed by atoms with Crippen molar-refractivity contribution in [2.24, 2.45) is 7.05 Å². The van der Waals surface area contributed by atoms with E-state index in [1.807, 2.05) is 22.3 Å². The molecule has 6 nitrogen and oxygen atoms in total. The fourth-order valence-electron chi connectivity index (χ4n) is 3.20. The molecule has 0 spiro atoms. The van der Waals surface area contributed by atoms with Gasteiger partial charge in [0.2, 0.25) is 0 Å². The molecule has 0 amide bonds. The maximum atomic E-state index is 11.3. The zero-order chi connectivity index (χ0) is 14.6. The summed E-state index contributed by atoms with van der Waals surface area (Å²) in [6.45, 7) is 0. The lowest BCUT2D eigenvalue weighted by atomic mass is 9.80. The average Bonchev–Trinajstić information content (AvgIpc) is 3.03. The summed E-state index contributed by atoms with van der Waals surface area (Å²) in [6.07, 6.45) is 9.48. The second-order valence-corrected chi connectivity index (χ2v) is 6.11. The van der Waals surface area contributed by atoms with Crippen molar-refractivity contribution < 1.29 is 5.11 Å². The summed E-state index contributed by atoms with van der Waals surface area (Å²) in [5, 5.41) is 15.6. The van der Waals surface area contributed by atoms with Crippen LogP contribution in [0.1, 0.15) is 29.8 Å². The number of fused-ring (bicyclic) bond motifs is 2. The predicted octanol–water partition coefficient (Wildman–Crippen LogP) is 1.80. The molecule has 21 heavy (non-hydrogen) atoms. The Labute approximate surface area is 129 Å². The first kappa shape index (κ1) is 13.0. The van der Waals surface area contributed by atoms with Gasteiger partial charge in [0.1, 0.15) is 11.3 Å². The summed E-state index contributed by atoms with van der Waals surface area (Å²) in [7, 11) is 1.91. The van der Waals surface area contributed by atoms with Crippen LogP contribution < -0.4 is 0 Å². The summed E-state index contributed by atoms with van der Waals surface area (Å²) >= 11 is 3.45. The molecule has 0 bridgehead atoms. The van der Waals surface area contributed by atoms with Crippen LogP contribution in [0, 0.1) is 0 Å². The van der Waals surface area contributed by atoms with Gasteiger partial charge in [-0.25, -0.2) is 4.98 Å². The normalized spacial score (nSPS) is 21.7. The van der Waals surface area contributed by atoms with Gasteiger partial charge in [-0.05, 0) is 35.2 Å². The van der Waals surface area contributed by atoms with Gasteiger partial charge >= 0.3 is 0 Å². The molecule has 0 radical (unpaired) electrons. The van der Waals surface area contributed by atoms with Crippen LogP contribution in [0.2, 0.25) is 0 Å². The fraction of sp³-hybridized carbons (Fsp3) is 0.357. The maximum absolute atomic E-state index is 11.3. The molecule has 3 heterocycles. The van der Waals surface area contributed by atoms with E-state index in [1.165, 1.54) is 0 Å². The number of aliphatic hydroxyl groups is 1. The van der Waals surface area contributed by atoms with Crippen molar-refractivity contribution in [3.05, 3.63) is 46.5 Å². The molecular formula is C14H14BrN5O. The third-order valence-electron chi connectivity index (χ3n) is 4.25. The number of hydrogen-bond acceptors (Lipinski definition) is 4. The van der Waals surface area contributed by atoms with E-state index in [0.717, 1.165) is 29.6 Å². The van der Waals surface area contributed by atoms with E-state index in [0.29, 0.717) is 16.8 Å². The Kier molecular flexibility index (Phi) is 2.71. The molecule has 7 heteroatoms. The Hall–Kier alpha value is -1.73. The number of halogens is 1. The molecule has 1 unspecified atom stereocenters. The third kappa shape index (κ3) is 1.70. The second kappa shape index (κ2) is 4.38. The lowest BCUT2D eigenvalue weighted by Crippen LogP contribution is -2.32. The second-order valence-electron chi connectivity index (χ2n) is 5.40. The largest absolute Gasteiger partial charge is 0.379 e. The SMILES string of the molecule is Cn1ncc2c1CCCC2(O)c1nc(Br)n2ccncc12. The molecule has 0 fully saturated rings. The van der Waals surface area contributed by atoms with Gasteiger partial charge < -0.3 is 5.11 Å². The minimum Gasteiger partial charge on any atom is -0.379 e. The lowest BCUT2D eigenvalue weighted by Gasteiger charge is -2.31. The van der Waals surface area contributed by atoms with Gasteiger partial charge in [0.15, 0.2) is 4.73 Å². The van der Waals surface area contributed by atoms with Crippen molar-refractivity contribution in [3.63, 3.8) is 0 Å². The van der Waals surface area contributed by atoms with Gasteiger partial charge in [-0.1, -0.05) is 0 Å². The molecule has 0 saturated heterocycles. The van der Waals surface area contributed by atoms with Crippen molar-refractivity contribution in [1.29, 1.82) is 0 Å². The van der Waals surface area contributed by atoms with Gasteiger partial charge in [-0.3, -0.25) is 14.1 Å². The first-order valence-corrected chi connectivity index (χ1v) is 7.62. The van der Waals surface area contributed by atoms with E-state index in [2.05, 4.69) is 31.0 Å². The third-order valence-corrected chi connectivity index (χ3v) is 4.81. The molecule has 3 aromatic heterocycles. The van der Waals surface area contributed by atoms with Gasteiger partial charge in [0, 0.05) is 30.7 Å². The Morgan fingerprint density at radius 3 is 3.10 bits per heavy atom. The lowest BCUT2D eigenvalue weighted by molar-refractivity contribution is 0.0585. The van der Waals surface area contributed by atoms with Crippen molar-refractivity contribution in [2.45, 2.75) is 24.9 Å². The summed E-state index contributed by atoms with van der Waals surface area (Å²) in [4.78, 5) is 8.71. The van der Waals surface area contributed by atoms with Crippen molar-refractivity contribution in [3.8, 4) is 0 Å². The number of rotatable bonds is 1. The first-order chi connectivity index (χ1) is 10.1. The van der Waals surface area contributed by atoms with Crippen LogP contribution in [-0.2, 0) is 19.1 Å². The Morgan fingerprint density at radius 1 is 1.38 bits per heavy atom. The monoisotopic (exact) mass is 347 g/mol. The quantitative estimate of drug-likeness (QED) is 0.728. The number of aromatic nitrogens is 5. The fourth-order valence-corrected chi connectivity index (χ4v) is 3.69. The summed E-state index contributed by atoms with van der Waals surface area (Å²) in [5.74, 6) is 0. The average molecular weight is 348 g/mol. The Balaban J connectivity index is 2.00. The number of imidazole rings is 1. The summed E-state index contributed by atoms with van der Waals surface area (Å²) in [5.41, 5.74) is 2.26. The van der Waals surface area contributed by atoms with Crippen LogP contribution in [0.4, 0.5) is 0 Å². The van der Waals surface area contributed by atoms with Crippen LogP contribution in [0.3, 0.4) is 0 Å². The standard InChI is InChI=1S/C14H14BrN5O/c1-19-10-3-2-4-14(21,9(10)7-17-19)12-11-8-16-5-6-20(11)13(15)18-12/h5-8,21H,2-4H2,1H3. The van der Waals surface area contributed by atoms with E-state index in [4.69, 9.17) is 0 Å². The van der Waals surface area contributed by atoms with Gasteiger partial charge in [-0.2, -0.15) is 5.10 Å².